The van der Waals surface area contributed by atoms with Gasteiger partial charge >= 0.3 is 0 Å². The van der Waals surface area contributed by atoms with Crippen LogP contribution in [0.3, 0.4) is 0 Å². The molecule has 0 fully saturated rings. The van der Waals surface area contributed by atoms with Crippen LogP contribution in [0.25, 0.3) is 70.2 Å². The highest BCUT2D eigenvalue weighted by Crippen LogP contribution is 2.38. The van der Waals surface area contributed by atoms with Gasteiger partial charge in [0.25, 0.3) is 0 Å². The van der Waals surface area contributed by atoms with E-state index in [4.69, 9.17) is 4.98 Å². The number of para-hydroxylation sites is 2. The Morgan fingerprint density at radius 1 is 0.447 bits per heavy atom. The molecule has 2 nitrogen and oxygen atoms in total. The van der Waals surface area contributed by atoms with E-state index >= 15 is 0 Å². The van der Waals surface area contributed by atoms with Crippen molar-refractivity contribution in [3.05, 3.63) is 133 Å². The first kappa shape index (κ1) is 21.4. The number of fused-ring (bicyclic) bond motifs is 6. The lowest BCUT2D eigenvalue weighted by Crippen LogP contribution is -1.98. The molecule has 178 valence electrons. The molecule has 0 aliphatic heterocycles. The van der Waals surface area contributed by atoms with Crippen LogP contribution in [0.2, 0.25) is 0 Å². The third-order valence-corrected chi connectivity index (χ3v) is 8.54. The summed E-state index contributed by atoms with van der Waals surface area (Å²) in [4.78, 5) is 5.21. The molecular formula is C35H22N2S. The monoisotopic (exact) mass is 502 g/mol. The van der Waals surface area contributed by atoms with Gasteiger partial charge in [-0.15, -0.1) is 11.3 Å². The van der Waals surface area contributed by atoms with Gasteiger partial charge in [0.15, 0.2) is 0 Å². The Hall–Kier alpha value is -4.73. The Morgan fingerprint density at radius 2 is 1.03 bits per heavy atom. The topological polar surface area (TPSA) is 17.8 Å². The van der Waals surface area contributed by atoms with Crippen LogP contribution >= 0.6 is 11.3 Å². The molecule has 0 saturated heterocycles. The largest absolute Gasteiger partial charge is 0.309 e. The summed E-state index contributed by atoms with van der Waals surface area (Å²) in [6.07, 6.45) is 0. The zero-order chi connectivity index (χ0) is 25.1. The number of rotatable bonds is 3. The summed E-state index contributed by atoms with van der Waals surface area (Å²) in [6, 6.07) is 47.7. The zero-order valence-corrected chi connectivity index (χ0v) is 21.3. The van der Waals surface area contributed by atoms with E-state index < -0.39 is 0 Å². The second kappa shape index (κ2) is 8.41. The SMILES string of the molecule is c1ccc(-c2cc(-n3c4ccccc4c4ccccc43)cc(-c3ccc4sc5ccccc5c4c3)n2)cc1. The van der Waals surface area contributed by atoms with Crippen molar-refractivity contribution in [2.45, 2.75) is 0 Å². The molecule has 8 aromatic rings. The van der Waals surface area contributed by atoms with Crippen LogP contribution in [0.15, 0.2) is 133 Å². The number of pyridine rings is 1. The van der Waals surface area contributed by atoms with E-state index in [2.05, 4.69) is 138 Å². The lowest BCUT2D eigenvalue weighted by Gasteiger charge is -2.13. The molecule has 0 N–H and O–H groups in total. The van der Waals surface area contributed by atoms with Crippen LogP contribution in [-0.2, 0) is 0 Å². The Labute approximate surface area is 224 Å². The van der Waals surface area contributed by atoms with Crippen molar-refractivity contribution in [3.8, 4) is 28.2 Å². The molecule has 38 heavy (non-hydrogen) atoms. The standard InChI is InChI=1S/C35H22N2S/c1-2-10-23(11-3-1)30-21-25(37-32-15-7-4-12-26(32)27-13-5-8-16-33(27)37)22-31(36-30)24-18-19-35-29(20-24)28-14-6-9-17-34(28)38-35/h1-22H. The smallest absolute Gasteiger partial charge is 0.0730 e. The van der Waals surface area contributed by atoms with Crippen molar-refractivity contribution in [1.29, 1.82) is 0 Å². The summed E-state index contributed by atoms with van der Waals surface area (Å²) < 4.78 is 4.99. The normalized spacial score (nSPS) is 11.7. The first-order valence-corrected chi connectivity index (χ1v) is 13.6. The fraction of sp³-hybridized carbons (Fsp3) is 0. The van der Waals surface area contributed by atoms with Crippen LogP contribution in [0.5, 0.6) is 0 Å². The van der Waals surface area contributed by atoms with Crippen molar-refractivity contribution in [2.24, 2.45) is 0 Å². The zero-order valence-electron chi connectivity index (χ0n) is 20.5. The lowest BCUT2D eigenvalue weighted by molar-refractivity contribution is 1.16. The van der Waals surface area contributed by atoms with E-state index in [0.717, 1.165) is 28.2 Å². The Kier molecular flexibility index (Phi) is 4.73. The average molecular weight is 503 g/mol. The average Bonchev–Trinajstić information content (AvgIpc) is 3.53. The number of thiophene rings is 1. The highest BCUT2D eigenvalue weighted by Gasteiger charge is 2.15. The van der Waals surface area contributed by atoms with Crippen LogP contribution in [0.4, 0.5) is 0 Å². The summed E-state index contributed by atoms with van der Waals surface area (Å²) in [5.74, 6) is 0. The van der Waals surface area contributed by atoms with Crippen LogP contribution in [0, 0.1) is 0 Å². The second-order valence-corrected chi connectivity index (χ2v) is 10.7. The molecule has 8 rings (SSSR count). The van der Waals surface area contributed by atoms with Crippen molar-refractivity contribution >= 4 is 53.3 Å². The first-order valence-electron chi connectivity index (χ1n) is 12.8. The van der Waals surface area contributed by atoms with Gasteiger partial charge in [-0.25, -0.2) is 4.98 Å². The lowest BCUT2D eigenvalue weighted by atomic mass is 10.0. The molecule has 0 radical (unpaired) electrons. The van der Waals surface area contributed by atoms with E-state index in [0.29, 0.717) is 0 Å². The Morgan fingerprint density at radius 3 is 1.76 bits per heavy atom. The van der Waals surface area contributed by atoms with Crippen LogP contribution in [0.1, 0.15) is 0 Å². The van der Waals surface area contributed by atoms with E-state index in [1.165, 1.54) is 42.0 Å². The molecule has 0 unspecified atom stereocenters. The maximum atomic E-state index is 5.21. The summed E-state index contributed by atoms with van der Waals surface area (Å²) in [5, 5.41) is 5.10. The predicted octanol–water partition coefficient (Wildman–Crippen LogP) is 9.88. The van der Waals surface area contributed by atoms with Gasteiger partial charge < -0.3 is 4.57 Å². The minimum atomic E-state index is 0.968. The Bertz CT molecular complexity index is 2080. The molecule has 0 amide bonds. The molecule has 0 spiro atoms. The van der Waals surface area contributed by atoms with E-state index in [-0.39, 0.29) is 0 Å². The fourth-order valence-corrected chi connectivity index (χ4v) is 6.72. The molecule has 0 aliphatic carbocycles. The van der Waals surface area contributed by atoms with Gasteiger partial charge in [0.2, 0.25) is 0 Å². The van der Waals surface area contributed by atoms with E-state index in [1.807, 2.05) is 11.3 Å². The van der Waals surface area contributed by atoms with Gasteiger partial charge in [-0.2, -0.15) is 0 Å². The van der Waals surface area contributed by atoms with Gasteiger partial charge in [-0.05, 0) is 42.5 Å². The highest BCUT2D eigenvalue weighted by molar-refractivity contribution is 7.25. The van der Waals surface area contributed by atoms with Gasteiger partial charge in [0, 0.05) is 42.1 Å². The van der Waals surface area contributed by atoms with Crippen molar-refractivity contribution in [2.75, 3.05) is 0 Å². The quantitative estimate of drug-likeness (QED) is 0.235. The molecule has 0 saturated carbocycles. The van der Waals surface area contributed by atoms with Crippen LogP contribution in [-0.4, -0.2) is 9.55 Å². The van der Waals surface area contributed by atoms with Crippen LogP contribution < -0.4 is 0 Å². The Balaban J connectivity index is 1.43. The molecule has 0 bridgehead atoms. The maximum Gasteiger partial charge on any atom is 0.0730 e. The summed E-state index contributed by atoms with van der Waals surface area (Å²) in [6.45, 7) is 0. The number of hydrogen-bond donors (Lipinski definition) is 0. The molecular weight excluding hydrogens is 480 g/mol. The molecule has 3 heteroatoms. The third-order valence-electron chi connectivity index (χ3n) is 7.39. The molecule has 3 aromatic heterocycles. The van der Waals surface area contributed by atoms with Gasteiger partial charge in [-0.1, -0.05) is 91.0 Å². The fourth-order valence-electron chi connectivity index (χ4n) is 5.64. The van der Waals surface area contributed by atoms with Gasteiger partial charge in [0.1, 0.15) is 0 Å². The minimum absolute atomic E-state index is 0.968. The second-order valence-electron chi connectivity index (χ2n) is 9.64. The molecule has 5 aromatic carbocycles. The number of nitrogens with zero attached hydrogens (tertiary/aromatic N) is 2. The predicted molar refractivity (Wildman–Crippen MR) is 162 cm³/mol. The van der Waals surface area contributed by atoms with E-state index in [9.17, 15) is 0 Å². The summed E-state index contributed by atoms with van der Waals surface area (Å²) >= 11 is 1.85. The van der Waals surface area contributed by atoms with E-state index in [1.54, 1.807) is 0 Å². The highest BCUT2D eigenvalue weighted by atomic mass is 32.1. The van der Waals surface area contributed by atoms with Crippen molar-refractivity contribution < 1.29 is 0 Å². The number of hydrogen-bond acceptors (Lipinski definition) is 2. The van der Waals surface area contributed by atoms with Crippen molar-refractivity contribution in [1.82, 2.24) is 9.55 Å². The third kappa shape index (κ3) is 3.29. The minimum Gasteiger partial charge on any atom is -0.309 e. The van der Waals surface area contributed by atoms with Crippen molar-refractivity contribution in [3.63, 3.8) is 0 Å². The van der Waals surface area contributed by atoms with Gasteiger partial charge in [-0.3, -0.25) is 0 Å². The number of benzene rings is 5. The maximum absolute atomic E-state index is 5.21. The van der Waals surface area contributed by atoms with Gasteiger partial charge in [0.05, 0.1) is 28.1 Å². The summed E-state index contributed by atoms with van der Waals surface area (Å²) in [5.41, 5.74) is 7.68. The summed E-state index contributed by atoms with van der Waals surface area (Å²) in [7, 11) is 0. The first-order chi connectivity index (χ1) is 18.8. The molecule has 0 aliphatic rings. The molecule has 3 heterocycles. The number of aromatic nitrogens is 2. The molecule has 0 atom stereocenters.